The number of piperidine rings is 1. The van der Waals surface area contributed by atoms with Crippen molar-refractivity contribution >= 4 is 0 Å². The standard InChI is InChI=1S/C28H28F3N3O2/c1-4-20-18-14-19-21-13-15-5-10-22(35-3)25-23(15)27(19,11-12-33(21)2)26(36-25)24(18)34(32-20)17-8-6-16(7-9-17)28(29,30)31/h5-10,19,21,26H,4,11-14H2,1-3H3/t19-,21-,26-,27-/m0/s1. The van der Waals surface area contributed by atoms with E-state index in [1.165, 1.54) is 28.8 Å². The van der Waals surface area contributed by atoms with Crippen LogP contribution in [0.1, 0.15) is 53.1 Å². The topological polar surface area (TPSA) is 39.5 Å². The summed E-state index contributed by atoms with van der Waals surface area (Å²) in [7, 11) is 3.89. The van der Waals surface area contributed by atoms with Gasteiger partial charge in [0.1, 0.15) is 0 Å². The Kier molecular flexibility index (Phi) is 4.49. The average molecular weight is 496 g/mol. The van der Waals surface area contributed by atoms with Gasteiger partial charge in [0.05, 0.1) is 29.7 Å². The van der Waals surface area contributed by atoms with E-state index in [-0.39, 0.29) is 11.5 Å². The fourth-order valence-electron chi connectivity index (χ4n) is 7.55. The summed E-state index contributed by atoms with van der Waals surface area (Å²) in [4.78, 5) is 2.50. The molecule has 0 amide bonds. The summed E-state index contributed by atoms with van der Waals surface area (Å²) < 4.78 is 54.2. The molecule has 2 aliphatic carbocycles. The molecule has 0 N–H and O–H groups in total. The molecule has 3 heterocycles. The highest BCUT2D eigenvalue weighted by molar-refractivity contribution is 5.63. The Morgan fingerprint density at radius 3 is 2.61 bits per heavy atom. The second kappa shape index (κ2) is 7.28. The van der Waals surface area contributed by atoms with E-state index in [4.69, 9.17) is 14.6 Å². The lowest BCUT2D eigenvalue weighted by atomic mass is 9.51. The highest BCUT2D eigenvalue weighted by Crippen LogP contribution is 2.67. The van der Waals surface area contributed by atoms with Crippen LogP contribution in [-0.2, 0) is 30.9 Å². The highest BCUT2D eigenvalue weighted by atomic mass is 19.4. The van der Waals surface area contributed by atoms with Crippen molar-refractivity contribution in [3.05, 3.63) is 70.0 Å². The van der Waals surface area contributed by atoms with Crippen LogP contribution in [-0.4, -0.2) is 41.4 Å². The number of nitrogens with zero attached hydrogens (tertiary/aromatic N) is 3. The number of halogens is 3. The highest BCUT2D eigenvalue weighted by Gasteiger charge is 2.65. The van der Waals surface area contributed by atoms with E-state index in [1.54, 1.807) is 7.11 Å². The van der Waals surface area contributed by atoms with Gasteiger partial charge in [-0.25, -0.2) is 4.68 Å². The Balaban J connectivity index is 1.46. The summed E-state index contributed by atoms with van der Waals surface area (Å²) in [6.45, 7) is 3.06. The molecule has 5 nitrogen and oxygen atoms in total. The van der Waals surface area contributed by atoms with Gasteiger partial charge in [0.15, 0.2) is 17.6 Å². The molecule has 188 valence electrons. The summed E-state index contributed by atoms with van der Waals surface area (Å²) in [5.41, 5.74) is 5.54. The van der Waals surface area contributed by atoms with Gasteiger partial charge in [-0.05, 0) is 81.1 Å². The molecular formula is C28H28F3N3O2. The first kappa shape index (κ1) is 22.2. The first-order valence-corrected chi connectivity index (χ1v) is 12.6. The molecule has 0 saturated carbocycles. The second-order valence-corrected chi connectivity index (χ2v) is 10.6. The Morgan fingerprint density at radius 2 is 1.92 bits per heavy atom. The third-order valence-corrected chi connectivity index (χ3v) is 9.15. The second-order valence-electron chi connectivity index (χ2n) is 10.6. The predicted molar refractivity (Wildman–Crippen MR) is 128 cm³/mol. The number of benzene rings is 2. The number of methoxy groups -OCH3 is 1. The SMILES string of the molecule is CCc1nn(-c2ccc(C(F)(F)F)cc2)c2c1C[C@H]1[C@@H]3Cc4ccc(OC)c5c4[C@@]1(CCN3C)[C@H]2O5. The maximum Gasteiger partial charge on any atom is 0.416 e. The van der Waals surface area contributed by atoms with Gasteiger partial charge in [-0.3, -0.25) is 0 Å². The normalized spacial score (nSPS) is 27.9. The van der Waals surface area contributed by atoms with Gasteiger partial charge >= 0.3 is 6.18 Å². The number of fused-ring (bicyclic) bond motifs is 2. The largest absolute Gasteiger partial charge is 0.493 e. The van der Waals surface area contributed by atoms with Crippen LogP contribution in [0.2, 0.25) is 0 Å². The van der Waals surface area contributed by atoms with E-state index in [1.807, 2.05) is 10.7 Å². The molecule has 1 fully saturated rings. The molecule has 1 aromatic heterocycles. The number of hydrogen-bond donors (Lipinski definition) is 0. The Hall–Kier alpha value is -3.00. The molecule has 36 heavy (non-hydrogen) atoms. The van der Waals surface area contributed by atoms with Crippen molar-refractivity contribution in [3.8, 4) is 17.2 Å². The summed E-state index contributed by atoms with van der Waals surface area (Å²) >= 11 is 0. The van der Waals surface area contributed by atoms with Gasteiger partial charge in [0.25, 0.3) is 0 Å². The van der Waals surface area contributed by atoms with E-state index in [0.717, 1.165) is 67.2 Å². The maximum atomic E-state index is 13.3. The van der Waals surface area contributed by atoms with Gasteiger partial charge in [0, 0.05) is 22.6 Å². The van der Waals surface area contributed by atoms with Crippen LogP contribution in [0, 0.1) is 5.92 Å². The minimum absolute atomic E-state index is 0.198. The molecule has 3 aromatic rings. The molecule has 2 aromatic carbocycles. The number of ether oxygens (including phenoxy) is 2. The average Bonchev–Trinajstić information content (AvgIpc) is 3.40. The minimum Gasteiger partial charge on any atom is -0.493 e. The van der Waals surface area contributed by atoms with Crippen LogP contribution in [0.15, 0.2) is 36.4 Å². The van der Waals surface area contributed by atoms with Crippen molar-refractivity contribution in [2.75, 3.05) is 20.7 Å². The van der Waals surface area contributed by atoms with Crippen LogP contribution in [0.3, 0.4) is 0 Å². The monoisotopic (exact) mass is 495 g/mol. The van der Waals surface area contributed by atoms with Crippen molar-refractivity contribution < 1.29 is 22.6 Å². The van der Waals surface area contributed by atoms with E-state index >= 15 is 0 Å². The first-order valence-electron chi connectivity index (χ1n) is 12.6. The molecule has 4 atom stereocenters. The molecule has 1 spiro atoms. The fourth-order valence-corrected chi connectivity index (χ4v) is 7.55. The summed E-state index contributed by atoms with van der Waals surface area (Å²) in [5.74, 6) is 1.95. The Morgan fingerprint density at radius 1 is 1.14 bits per heavy atom. The van der Waals surface area contributed by atoms with E-state index in [2.05, 4.69) is 24.9 Å². The van der Waals surface area contributed by atoms with E-state index in [0.29, 0.717) is 17.6 Å². The van der Waals surface area contributed by atoms with Crippen molar-refractivity contribution in [2.24, 2.45) is 5.92 Å². The lowest BCUT2D eigenvalue weighted by molar-refractivity contribution is -0.137. The third-order valence-electron chi connectivity index (χ3n) is 9.15. The number of rotatable bonds is 3. The molecule has 2 bridgehead atoms. The maximum absolute atomic E-state index is 13.3. The van der Waals surface area contributed by atoms with Crippen LogP contribution < -0.4 is 9.47 Å². The smallest absolute Gasteiger partial charge is 0.416 e. The molecule has 2 aliphatic heterocycles. The van der Waals surface area contributed by atoms with Crippen LogP contribution in [0.25, 0.3) is 5.69 Å². The quantitative estimate of drug-likeness (QED) is 0.497. The third kappa shape index (κ3) is 2.68. The van der Waals surface area contributed by atoms with Crippen molar-refractivity contribution in [1.82, 2.24) is 14.7 Å². The Bertz CT molecular complexity index is 1380. The summed E-state index contributed by atoms with van der Waals surface area (Å²) in [6.07, 6.45) is -1.05. The summed E-state index contributed by atoms with van der Waals surface area (Å²) in [5, 5.41) is 4.96. The van der Waals surface area contributed by atoms with Gasteiger partial charge in [0.2, 0.25) is 0 Å². The molecule has 8 heteroatoms. The zero-order valence-electron chi connectivity index (χ0n) is 20.5. The Labute approximate surface area is 207 Å². The summed E-state index contributed by atoms with van der Waals surface area (Å²) in [6, 6.07) is 9.91. The lowest BCUT2D eigenvalue weighted by Crippen LogP contribution is -2.62. The van der Waals surface area contributed by atoms with Crippen LogP contribution in [0.5, 0.6) is 11.5 Å². The zero-order chi connectivity index (χ0) is 25.0. The molecule has 0 radical (unpaired) electrons. The van der Waals surface area contributed by atoms with Crippen LogP contribution >= 0.6 is 0 Å². The lowest BCUT2D eigenvalue weighted by Gasteiger charge is -2.57. The number of aryl methyl sites for hydroxylation is 1. The van der Waals surface area contributed by atoms with E-state index < -0.39 is 11.7 Å². The van der Waals surface area contributed by atoms with Crippen molar-refractivity contribution in [1.29, 1.82) is 0 Å². The van der Waals surface area contributed by atoms with Gasteiger partial charge in [-0.1, -0.05) is 13.0 Å². The molecule has 7 rings (SSSR count). The van der Waals surface area contributed by atoms with Crippen molar-refractivity contribution in [2.45, 2.75) is 56.3 Å². The van der Waals surface area contributed by atoms with Gasteiger partial charge < -0.3 is 14.4 Å². The number of likely N-dealkylation sites (N-methyl/N-ethyl adjacent to an activating group) is 1. The van der Waals surface area contributed by atoms with E-state index in [9.17, 15) is 13.2 Å². The number of hydrogen-bond acceptors (Lipinski definition) is 4. The first-order chi connectivity index (χ1) is 17.3. The van der Waals surface area contributed by atoms with Crippen LogP contribution in [0.4, 0.5) is 13.2 Å². The number of likely N-dealkylation sites (tertiary alicyclic amines) is 1. The van der Waals surface area contributed by atoms with Crippen molar-refractivity contribution in [3.63, 3.8) is 0 Å². The number of alkyl halides is 3. The minimum atomic E-state index is -4.38. The molecule has 4 aliphatic rings. The predicted octanol–water partition coefficient (Wildman–Crippen LogP) is 5.27. The molecule has 0 unspecified atom stereocenters. The van der Waals surface area contributed by atoms with Gasteiger partial charge in [-0.2, -0.15) is 18.3 Å². The molecular weight excluding hydrogens is 467 g/mol. The number of aromatic nitrogens is 2. The molecule has 1 saturated heterocycles. The fraction of sp³-hybridized carbons (Fsp3) is 0.464. The van der Waals surface area contributed by atoms with Gasteiger partial charge in [-0.15, -0.1) is 0 Å². The zero-order valence-corrected chi connectivity index (χ0v) is 20.5.